The zero-order chi connectivity index (χ0) is 16.6. The summed E-state index contributed by atoms with van der Waals surface area (Å²) in [5.41, 5.74) is 1.57. The number of aromatic nitrogens is 4. The van der Waals surface area contributed by atoms with E-state index in [2.05, 4.69) is 15.4 Å². The van der Waals surface area contributed by atoms with Crippen LogP contribution < -0.4 is 5.32 Å². The maximum atomic E-state index is 12.8. The van der Waals surface area contributed by atoms with E-state index in [0.29, 0.717) is 18.1 Å². The normalized spacial score (nSPS) is 18.4. The predicted molar refractivity (Wildman–Crippen MR) is 87.2 cm³/mol. The molecule has 1 saturated heterocycles. The van der Waals surface area contributed by atoms with Crippen molar-refractivity contribution in [1.29, 1.82) is 0 Å². The third-order valence-corrected chi connectivity index (χ3v) is 4.85. The van der Waals surface area contributed by atoms with Gasteiger partial charge in [-0.3, -0.25) is 9.48 Å². The molecule has 1 N–H and O–H groups in total. The van der Waals surface area contributed by atoms with Crippen molar-refractivity contribution in [3.63, 3.8) is 0 Å². The molecule has 1 amide bonds. The van der Waals surface area contributed by atoms with Crippen molar-refractivity contribution in [3.8, 4) is 0 Å². The van der Waals surface area contributed by atoms with Crippen molar-refractivity contribution < 1.29 is 4.79 Å². The summed E-state index contributed by atoms with van der Waals surface area (Å²) in [7, 11) is 1.94. The summed E-state index contributed by atoms with van der Waals surface area (Å²) in [6.07, 6.45) is 3.65. The lowest BCUT2D eigenvalue weighted by molar-refractivity contribution is -0.135. The van der Waals surface area contributed by atoms with Crippen LogP contribution in [0.15, 0.2) is 12.4 Å². The Morgan fingerprint density at radius 1 is 1.48 bits per heavy atom. The molecule has 3 rings (SSSR count). The quantitative estimate of drug-likeness (QED) is 0.910. The maximum absolute atomic E-state index is 12.8. The van der Waals surface area contributed by atoms with Gasteiger partial charge in [0.15, 0.2) is 0 Å². The average Bonchev–Trinajstić information content (AvgIpc) is 3.07. The van der Waals surface area contributed by atoms with Gasteiger partial charge in [-0.2, -0.15) is 5.10 Å². The van der Waals surface area contributed by atoms with Crippen molar-refractivity contribution >= 4 is 17.5 Å². The first-order chi connectivity index (χ1) is 11.0. The van der Waals surface area contributed by atoms with Crippen LogP contribution in [-0.4, -0.2) is 49.8 Å². The molecule has 0 spiro atoms. The van der Waals surface area contributed by atoms with Gasteiger partial charge in [0, 0.05) is 39.1 Å². The van der Waals surface area contributed by atoms with Crippen LogP contribution in [0.3, 0.4) is 0 Å². The zero-order valence-corrected chi connectivity index (χ0v) is 14.3. The average molecular weight is 337 g/mol. The Hall–Kier alpha value is -1.86. The Balaban J connectivity index is 1.81. The van der Waals surface area contributed by atoms with Gasteiger partial charge in [-0.15, -0.1) is 0 Å². The highest BCUT2D eigenvalue weighted by atomic mass is 35.5. The Bertz CT molecular complexity index is 722. The van der Waals surface area contributed by atoms with Crippen LogP contribution in [0, 0.1) is 13.8 Å². The standard InChI is InChI=1S/C15H21ClN6O/c1-10-14(16)11(2)22(19-10)9-13(23)21-7-4-17-8-12(21)15-18-5-6-20(15)3/h5-6,12,17H,4,7-9H2,1-3H3. The number of imidazole rings is 1. The predicted octanol–water partition coefficient (Wildman–Crippen LogP) is 1.06. The summed E-state index contributed by atoms with van der Waals surface area (Å²) in [6, 6.07) is -0.0660. The molecule has 1 unspecified atom stereocenters. The van der Waals surface area contributed by atoms with Gasteiger partial charge in [-0.1, -0.05) is 11.6 Å². The minimum Gasteiger partial charge on any atom is -0.336 e. The van der Waals surface area contributed by atoms with Crippen LogP contribution in [0.4, 0.5) is 0 Å². The lowest BCUT2D eigenvalue weighted by atomic mass is 10.1. The largest absolute Gasteiger partial charge is 0.336 e. The summed E-state index contributed by atoms with van der Waals surface area (Å²) in [5, 5.41) is 8.31. The van der Waals surface area contributed by atoms with E-state index in [1.165, 1.54) is 0 Å². The molecule has 7 nitrogen and oxygen atoms in total. The van der Waals surface area contributed by atoms with E-state index in [1.54, 1.807) is 10.9 Å². The molecular formula is C15H21ClN6O. The molecule has 0 aliphatic carbocycles. The molecule has 2 aromatic rings. The monoisotopic (exact) mass is 336 g/mol. The van der Waals surface area contributed by atoms with E-state index in [1.807, 2.05) is 36.6 Å². The van der Waals surface area contributed by atoms with Crippen molar-refractivity contribution in [2.45, 2.75) is 26.4 Å². The lowest BCUT2D eigenvalue weighted by Crippen LogP contribution is -2.50. The molecule has 0 radical (unpaired) electrons. The topological polar surface area (TPSA) is 68.0 Å². The van der Waals surface area contributed by atoms with E-state index in [4.69, 9.17) is 11.6 Å². The molecule has 23 heavy (non-hydrogen) atoms. The first-order valence-corrected chi connectivity index (χ1v) is 8.03. The smallest absolute Gasteiger partial charge is 0.245 e. The molecule has 8 heteroatoms. The first kappa shape index (κ1) is 16.0. The molecule has 0 saturated carbocycles. The Labute approximate surface area is 140 Å². The molecule has 0 aromatic carbocycles. The fourth-order valence-electron chi connectivity index (χ4n) is 2.98. The molecule has 1 aliphatic heterocycles. The van der Waals surface area contributed by atoms with Gasteiger partial charge >= 0.3 is 0 Å². The van der Waals surface area contributed by atoms with Gasteiger partial charge in [0.2, 0.25) is 5.91 Å². The third kappa shape index (κ3) is 2.98. The van der Waals surface area contributed by atoms with Crippen LogP contribution >= 0.6 is 11.6 Å². The van der Waals surface area contributed by atoms with Crippen LogP contribution in [0.25, 0.3) is 0 Å². The highest BCUT2D eigenvalue weighted by Crippen LogP contribution is 2.22. The minimum absolute atomic E-state index is 0.0294. The van der Waals surface area contributed by atoms with Crippen molar-refractivity contribution in [2.75, 3.05) is 19.6 Å². The van der Waals surface area contributed by atoms with Crippen LogP contribution in [0.5, 0.6) is 0 Å². The summed E-state index contributed by atoms with van der Waals surface area (Å²) < 4.78 is 3.63. The molecular weight excluding hydrogens is 316 g/mol. The van der Waals surface area contributed by atoms with Crippen LogP contribution in [0.2, 0.25) is 5.02 Å². The molecule has 3 heterocycles. The second-order valence-corrected chi connectivity index (χ2v) is 6.22. The van der Waals surface area contributed by atoms with E-state index in [-0.39, 0.29) is 18.5 Å². The zero-order valence-electron chi connectivity index (χ0n) is 13.6. The summed E-state index contributed by atoms with van der Waals surface area (Å²) in [4.78, 5) is 19.1. The van der Waals surface area contributed by atoms with Gasteiger partial charge in [-0.05, 0) is 13.8 Å². The second-order valence-electron chi connectivity index (χ2n) is 5.85. The Morgan fingerprint density at radius 3 is 2.87 bits per heavy atom. The number of hydrogen-bond acceptors (Lipinski definition) is 4. The van der Waals surface area contributed by atoms with Gasteiger partial charge in [-0.25, -0.2) is 4.98 Å². The van der Waals surface area contributed by atoms with E-state index < -0.39 is 0 Å². The second kappa shape index (κ2) is 6.33. The van der Waals surface area contributed by atoms with Crippen molar-refractivity contribution in [3.05, 3.63) is 34.6 Å². The third-order valence-electron chi connectivity index (χ3n) is 4.30. The van der Waals surface area contributed by atoms with Crippen LogP contribution in [0.1, 0.15) is 23.3 Å². The summed E-state index contributed by atoms with van der Waals surface area (Å²) >= 11 is 6.17. The molecule has 0 bridgehead atoms. The highest BCUT2D eigenvalue weighted by molar-refractivity contribution is 6.31. The molecule has 124 valence electrons. The highest BCUT2D eigenvalue weighted by Gasteiger charge is 2.30. The van der Waals surface area contributed by atoms with Gasteiger partial charge in [0.25, 0.3) is 0 Å². The molecule has 1 aliphatic rings. The number of amides is 1. The molecule has 1 atom stereocenters. The van der Waals surface area contributed by atoms with E-state index >= 15 is 0 Å². The summed E-state index contributed by atoms with van der Waals surface area (Å²) in [6.45, 7) is 6.06. The number of carbonyl (C=O) groups excluding carboxylic acids is 1. The number of hydrogen-bond donors (Lipinski definition) is 1. The fraction of sp³-hybridized carbons (Fsp3) is 0.533. The fourth-order valence-corrected chi connectivity index (χ4v) is 3.12. The number of nitrogens with one attached hydrogen (secondary N) is 1. The molecule has 2 aromatic heterocycles. The van der Waals surface area contributed by atoms with E-state index in [0.717, 1.165) is 23.8 Å². The summed E-state index contributed by atoms with van der Waals surface area (Å²) in [5.74, 6) is 0.915. The van der Waals surface area contributed by atoms with Gasteiger partial charge < -0.3 is 14.8 Å². The molecule has 1 fully saturated rings. The van der Waals surface area contributed by atoms with E-state index in [9.17, 15) is 4.79 Å². The SMILES string of the molecule is Cc1nn(CC(=O)N2CCNCC2c2nccn2C)c(C)c1Cl. The Kier molecular flexibility index (Phi) is 4.41. The van der Waals surface area contributed by atoms with Gasteiger partial charge in [0.1, 0.15) is 18.4 Å². The minimum atomic E-state index is -0.0660. The lowest BCUT2D eigenvalue weighted by Gasteiger charge is -2.35. The maximum Gasteiger partial charge on any atom is 0.245 e. The Morgan fingerprint density at radius 2 is 2.26 bits per heavy atom. The number of carbonyl (C=O) groups is 1. The van der Waals surface area contributed by atoms with Crippen molar-refractivity contribution in [1.82, 2.24) is 29.5 Å². The number of piperazine rings is 1. The van der Waals surface area contributed by atoms with Crippen molar-refractivity contribution in [2.24, 2.45) is 7.05 Å². The first-order valence-electron chi connectivity index (χ1n) is 7.66. The van der Waals surface area contributed by atoms with Gasteiger partial charge in [0.05, 0.1) is 16.4 Å². The number of nitrogens with zero attached hydrogens (tertiary/aromatic N) is 5. The number of aryl methyl sites for hydroxylation is 2. The number of rotatable bonds is 3. The number of halogens is 1. The van der Waals surface area contributed by atoms with Crippen LogP contribution in [-0.2, 0) is 18.4 Å².